The molecule has 2 heterocycles. The highest BCUT2D eigenvalue weighted by atomic mass is 16.4. The van der Waals surface area contributed by atoms with E-state index < -0.39 is 33.9 Å². The SMILES string of the molecule is O=C(c1ccccc1C(=O)c1cccc2oc(-c3ccccc3)c(O)c(=O)c12)c1cccc2oc(-c3ccccc3)c(O)c(=O)c12. The maximum atomic E-state index is 14.1. The number of hydrogen-bond acceptors (Lipinski definition) is 8. The average Bonchev–Trinajstić information content (AvgIpc) is 3.10. The summed E-state index contributed by atoms with van der Waals surface area (Å²) < 4.78 is 11.8. The predicted octanol–water partition coefficient (Wildman–Crippen LogP) is 7.11. The smallest absolute Gasteiger partial charge is 0.235 e. The molecule has 0 amide bonds. The van der Waals surface area contributed by atoms with E-state index in [1.165, 1.54) is 48.5 Å². The van der Waals surface area contributed by atoms with Gasteiger partial charge in [0.05, 0.1) is 10.8 Å². The minimum Gasteiger partial charge on any atom is -0.502 e. The van der Waals surface area contributed by atoms with Gasteiger partial charge in [-0.1, -0.05) is 109 Å². The molecule has 0 spiro atoms. The number of benzene rings is 5. The number of hydrogen-bond donors (Lipinski definition) is 2. The first kappa shape index (κ1) is 28.2. The fourth-order valence-electron chi connectivity index (χ4n) is 5.58. The van der Waals surface area contributed by atoms with Crippen LogP contribution < -0.4 is 10.9 Å². The largest absolute Gasteiger partial charge is 0.502 e. The third-order valence-electron chi connectivity index (χ3n) is 7.77. The van der Waals surface area contributed by atoms with E-state index in [1.807, 2.05) is 0 Å². The highest BCUT2D eigenvalue weighted by Gasteiger charge is 2.27. The first-order valence-corrected chi connectivity index (χ1v) is 14.2. The standard InChI is InChI=1S/C38H22O8/c39-31(25-17-9-19-27-29(25)33(41)35(43)37(45-27)21-11-3-1-4-12-21)23-15-7-8-16-24(23)32(40)26-18-10-20-28-30(26)34(42)36(44)38(46-28)22-13-5-2-6-14-22/h1-20,43-44H. The van der Waals surface area contributed by atoms with Crippen LogP contribution in [0.3, 0.4) is 0 Å². The number of rotatable bonds is 6. The first-order chi connectivity index (χ1) is 22.3. The highest BCUT2D eigenvalue weighted by Crippen LogP contribution is 2.34. The lowest BCUT2D eigenvalue weighted by Crippen LogP contribution is -2.15. The van der Waals surface area contributed by atoms with Crippen LogP contribution in [0.4, 0.5) is 0 Å². The van der Waals surface area contributed by atoms with Crippen LogP contribution in [0.25, 0.3) is 44.6 Å². The number of carbonyl (C=O) groups excluding carboxylic acids is 2. The van der Waals surface area contributed by atoms with Crippen molar-refractivity contribution in [3.05, 3.63) is 164 Å². The zero-order valence-corrected chi connectivity index (χ0v) is 23.9. The van der Waals surface area contributed by atoms with Crippen molar-refractivity contribution < 1.29 is 28.6 Å². The Labute approximate surface area is 260 Å². The molecule has 0 radical (unpaired) electrons. The summed E-state index contributed by atoms with van der Waals surface area (Å²) in [5.41, 5.74) is -0.738. The van der Waals surface area contributed by atoms with E-state index in [2.05, 4.69) is 0 Å². The fraction of sp³-hybridized carbons (Fsp3) is 0. The zero-order chi connectivity index (χ0) is 31.9. The minimum absolute atomic E-state index is 0.0354. The normalized spacial score (nSPS) is 11.1. The Bertz CT molecular complexity index is 2280. The van der Waals surface area contributed by atoms with E-state index in [0.29, 0.717) is 11.1 Å². The van der Waals surface area contributed by atoms with Crippen LogP contribution in [0.1, 0.15) is 31.8 Å². The second kappa shape index (κ2) is 11.2. The molecule has 2 aromatic heterocycles. The summed E-state index contributed by atoms with van der Waals surface area (Å²) in [5, 5.41) is 21.4. The summed E-state index contributed by atoms with van der Waals surface area (Å²) in [6.45, 7) is 0. The number of aromatic hydroxyl groups is 2. The molecule has 0 aliphatic carbocycles. The van der Waals surface area contributed by atoms with Gasteiger partial charge in [0, 0.05) is 33.4 Å². The molecule has 0 atom stereocenters. The van der Waals surface area contributed by atoms with Gasteiger partial charge in [-0.2, -0.15) is 0 Å². The van der Waals surface area contributed by atoms with E-state index in [0.717, 1.165) is 0 Å². The second-order valence-corrected chi connectivity index (χ2v) is 10.5. The van der Waals surface area contributed by atoms with Gasteiger partial charge >= 0.3 is 0 Å². The van der Waals surface area contributed by atoms with Crippen molar-refractivity contribution in [3.8, 4) is 34.1 Å². The van der Waals surface area contributed by atoms with Crippen LogP contribution in [0.5, 0.6) is 11.5 Å². The molecule has 0 bridgehead atoms. The Balaban J connectivity index is 1.36. The van der Waals surface area contributed by atoms with E-state index in [9.17, 15) is 29.4 Å². The molecule has 7 aromatic rings. The lowest BCUT2D eigenvalue weighted by molar-refractivity contribution is 0.100. The van der Waals surface area contributed by atoms with Gasteiger partial charge in [-0.25, -0.2) is 0 Å². The molecule has 8 heteroatoms. The maximum Gasteiger partial charge on any atom is 0.235 e. The van der Waals surface area contributed by atoms with Gasteiger partial charge in [-0.05, 0) is 12.1 Å². The molecule has 0 fully saturated rings. The topological polar surface area (TPSA) is 135 Å². The van der Waals surface area contributed by atoms with Crippen LogP contribution in [0, 0.1) is 0 Å². The number of ketones is 2. The average molecular weight is 607 g/mol. The van der Waals surface area contributed by atoms with Gasteiger partial charge in [0.15, 0.2) is 23.1 Å². The monoisotopic (exact) mass is 606 g/mol. The quantitative estimate of drug-likeness (QED) is 0.191. The molecular formula is C38H22O8. The van der Waals surface area contributed by atoms with Gasteiger partial charge in [0.25, 0.3) is 0 Å². The molecule has 8 nitrogen and oxygen atoms in total. The molecule has 0 saturated heterocycles. The van der Waals surface area contributed by atoms with Crippen molar-refractivity contribution >= 4 is 33.5 Å². The van der Waals surface area contributed by atoms with Crippen molar-refractivity contribution in [3.63, 3.8) is 0 Å². The molecule has 222 valence electrons. The molecule has 0 aliphatic rings. The summed E-state index contributed by atoms with van der Waals surface area (Å²) in [5.74, 6) is -2.72. The third-order valence-corrected chi connectivity index (χ3v) is 7.77. The molecule has 0 saturated carbocycles. The van der Waals surface area contributed by atoms with E-state index in [1.54, 1.807) is 72.8 Å². The summed E-state index contributed by atoms with van der Waals surface area (Å²) in [6.07, 6.45) is 0. The van der Waals surface area contributed by atoms with Crippen molar-refractivity contribution in [2.45, 2.75) is 0 Å². The van der Waals surface area contributed by atoms with Crippen molar-refractivity contribution in [2.24, 2.45) is 0 Å². The fourth-order valence-corrected chi connectivity index (χ4v) is 5.58. The number of fused-ring (bicyclic) bond motifs is 2. The molecule has 0 aliphatic heterocycles. The highest BCUT2D eigenvalue weighted by molar-refractivity contribution is 6.24. The van der Waals surface area contributed by atoms with Crippen LogP contribution in [0.2, 0.25) is 0 Å². The van der Waals surface area contributed by atoms with Crippen LogP contribution in [0.15, 0.2) is 140 Å². The Morgan fingerprint density at radius 1 is 0.435 bits per heavy atom. The lowest BCUT2D eigenvalue weighted by atomic mass is 9.90. The maximum absolute atomic E-state index is 14.1. The predicted molar refractivity (Wildman–Crippen MR) is 172 cm³/mol. The van der Waals surface area contributed by atoms with Crippen LogP contribution >= 0.6 is 0 Å². The molecular weight excluding hydrogens is 584 g/mol. The summed E-state index contributed by atoms with van der Waals surface area (Å²) in [4.78, 5) is 55.1. The number of carbonyl (C=O) groups is 2. The second-order valence-electron chi connectivity index (χ2n) is 10.5. The van der Waals surface area contributed by atoms with Gasteiger partial charge < -0.3 is 19.0 Å². The van der Waals surface area contributed by atoms with E-state index in [4.69, 9.17) is 8.83 Å². The van der Waals surface area contributed by atoms with Gasteiger partial charge in [-0.3, -0.25) is 19.2 Å². The summed E-state index contributed by atoms with van der Waals surface area (Å²) >= 11 is 0. The van der Waals surface area contributed by atoms with Gasteiger partial charge in [0.2, 0.25) is 22.4 Å². The summed E-state index contributed by atoms with van der Waals surface area (Å²) in [7, 11) is 0. The van der Waals surface area contributed by atoms with Crippen molar-refractivity contribution in [1.82, 2.24) is 0 Å². The Kier molecular flexibility index (Phi) is 6.87. The van der Waals surface area contributed by atoms with Crippen LogP contribution in [-0.4, -0.2) is 21.8 Å². The molecule has 0 unspecified atom stereocenters. The zero-order valence-electron chi connectivity index (χ0n) is 23.9. The van der Waals surface area contributed by atoms with Gasteiger partial charge in [-0.15, -0.1) is 0 Å². The Morgan fingerprint density at radius 3 is 1.17 bits per heavy atom. The first-order valence-electron chi connectivity index (χ1n) is 14.2. The molecule has 2 N–H and O–H groups in total. The molecule has 5 aromatic carbocycles. The van der Waals surface area contributed by atoms with Crippen molar-refractivity contribution in [2.75, 3.05) is 0 Å². The van der Waals surface area contributed by atoms with E-state index >= 15 is 0 Å². The Morgan fingerprint density at radius 2 is 0.783 bits per heavy atom. The van der Waals surface area contributed by atoms with Crippen molar-refractivity contribution in [1.29, 1.82) is 0 Å². The van der Waals surface area contributed by atoms with Gasteiger partial charge in [0.1, 0.15) is 11.2 Å². The molecule has 7 rings (SSSR count). The Hall–Kier alpha value is -6.54. The van der Waals surface area contributed by atoms with Crippen LogP contribution in [-0.2, 0) is 0 Å². The third kappa shape index (κ3) is 4.56. The lowest BCUT2D eigenvalue weighted by Gasteiger charge is -2.12. The molecule has 46 heavy (non-hydrogen) atoms. The summed E-state index contributed by atoms with van der Waals surface area (Å²) in [6, 6.07) is 32.2. The van der Waals surface area contributed by atoms with E-state index in [-0.39, 0.29) is 55.7 Å². The minimum atomic E-state index is -0.802.